The van der Waals surface area contributed by atoms with Crippen molar-refractivity contribution in [3.63, 3.8) is 0 Å². The van der Waals surface area contributed by atoms with Gasteiger partial charge in [0.15, 0.2) is 0 Å². The van der Waals surface area contributed by atoms with Gasteiger partial charge < -0.3 is 9.47 Å². The van der Waals surface area contributed by atoms with Gasteiger partial charge in [0, 0.05) is 31.2 Å². The molecule has 2 spiro atoms. The maximum atomic E-state index is 12.9. The van der Waals surface area contributed by atoms with Crippen LogP contribution in [-0.2, 0) is 14.5 Å². The van der Waals surface area contributed by atoms with Crippen LogP contribution in [0.4, 0.5) is 13.2 Å². The third kappa shape index (κ3) is 4.67. The average molecular weight is 536 g/mol. The van der Waals surface area contributed by atoms with Crippen LogP contribution < -0.4 is 4.74 Å². The number of nitrogens with zero attached hydrogens (tertiary/aromatic N) is 1. The molecule has 0 amide bonds. The Kier molecular flexibility index (Phi) is 6.49. The highest BCUT2D eigenvalue weighted by molar-refractivity contribution is 5.30. The maximum Gasteiger partial charge on any atom is 0.391 e. The van der Waals surface area contributed by atoms with E-state index in [2.05, 4.69) is 17.0 Å². The van der Waals surface area contributed by atoms with Crippen LogP contribution in [0.3, 0.4) is 0 Å². The Bertz CT molecular complexity index is 954. The van der Waals surface area contributed by atoms with Crippen molar-refractivity contribution in [2.24, 2.45) is 29.6 Å². The van der Waals surface area contributed by atoms with Crippen LogP contribution in [0.1, 0.15) is 82.1 Å². The fourth-order valence-electron chi connectivity index (χ4n) is 8.80. The van der Waals surface area contributed by atoms with E-state index in [1.54, 1.807) is 0 Å². The summed E-state index contributed by atoms with van der Waals surface area (Å²) in [4.78, 5) is 14.3. The molecule has 8 heteroatoms. The third-order valence-electron chi connectivity index (χ3n) is 10.8. The molecule has 1 aromatic carbocycles. The van der Waals surface area contributed by atoms with Crippen molar-refractivity contribution in [3.05, 3.63) is 29.8 Å². The summed E-state index contributed by atoms with van der Waals surface area (Å²) >= 11 is 0. The Morgan fingerprint density at radius 1 is 0.842 bits per heavy atom. The van der Waals surface area contributed by atoms with Crippen molar-refractivity contribution >= 4 is 0 Å². The lowest BCUT2D eigenvalue weighted by Crippen LogP contribution is -2.59. The van der Waals surface area contributed by atoms with Gasteiger partial charge in [0.2, 0.25) is 11.6 Å². The SMILES string of the molecule is FC(F)(F)C1CCN(CCOc2ccc(C3CCC4(CC3)OOC3(O4)C4CC5CC(C4)CC3C5)cc2)CC1. The molecule has 1 aromatic rings. The van der Waals surface area contributed by atoms with Gasteiger partial charge in [0.25, 0.3) is 0 Å². The summed E-state index contributed by atoms with van der Waals surface area (Å²) in [6, 6.07) is 8.34. The van der Waals surface area contributed by atoms with Crippen molar-refractivity contribution < 1.29 is 32.4 Å². The minimum Gasteiger partial charge on any atom is -0.492 e. The number of halogens is 3. The summed E-state index contributed by atoms with van der Waals surface area (Å²) in [5, 5.41) is 0. The molecule has 0 N–H and O–H groups in total. The van der Waals surface area contributed by atoms with Crippen LogP contribution in [0.15, 0.2) is 24.3 Å². The van der Waals surface area contributed by atoms with E-state index in [4.69, 9.17) is 19.2 Å². The van der Waals surface area contributed by atoms with E-state index in [-0.39, 0.29) is 12.8 Å². The van der Waals surface area contributed by atoms with Gasteiger partial charge in [0.1, 0.15) is 12.4 Å². The number of alkyl halides is 3. The van der Waals surface area contributed by atoms with Crippen LogP contribution in [0.2, 0.25) is 0 Å². The van der Waals surface area contributed by atoms with E-state index >= 15 is 0 Å². The Morgan fingerprint density at radius 2 is 1.47 bits per heavy atom. The largest absolute Gasteiger partial charge is 0.492 e. The third-order valence-corrected chi connectivity index (χ3v) is 10.8. The molecule has 0 aromatic heterocycles. The van der Waals surface area contributed by atoms with Gasteiger partial charge in [-0.05, 0) is 106 Å². The quantitative estimate of drug-likeness (QED) is 0.387. The number of hydrogen-bond acceptors (Lipinski definition) is 5. The molecule has 5 nitrogen and oxygen atoms in total. The molecular weight excluding hydrogens is 495 g/mol. The molecule has 8 rings (SSSR count). The highest BCUT2D eigenvalue weighted by Crippen LogP contribution is 2.64. The number of likely N-dealkylation sites (tertiary alicyclic amines) is 1. The van der Waals surface area contributed by atoms with E-state index in [0.717, 1.165) is 43.3 Å². The van der Waals surface area contributed by atoms with Gasteiger partial charge in [-0.15, -0.1) is 0 Å². The highest BCUT2D eigenvalue weighted by atomic mass is 19.4. The van der Waals surface area contributed by atoms with Crippen molar-refractivity contribution in [2.75, 3.05) is 26.2 Å². The van der Waals surface area contributed by atoms with Crippen LogP contribution in [-0.4, -0.2) is 48.9 Å². The fourth-order valence-corrected chi connectivity index (χ4v) is 8.80. The normalized spacial score (nSPS) is 41.4. The van der Waals surface area contributed by atoms with Gasteiger partial charge in [-0.2, -0.15) is 22.9 Å². The van der Waals surface area contributed by atoms with Crippen LogP contribution in [0.25, 0.3) is 0 Å². The van der Waals surface area contributed by atoms with E-state index in [9.17, 15) is 13.2 Å². The molecular formula is C30H40F3NO4. The van der Waals surface area contributed by atoms with Crippen LogP contribution >= 0.6 is 0 Å². The number of ether oxygens (including phenoxy) is 2. The fraction of sp³-hybridized carbons (Fsp3) is 0.800. The van der Waals surface area contributed by atoms with E-state index in [0.29, 0.717) is 44.0 Å². The first kappa shape index (κ1) is 25.6. The van der Waals surface area contributed by atoms with Gasteiger partial charge in [0.05, 0.1) is 5.92 Å². The van der Waals surface area contributed by atoms with Gasteiger partial charge >= 0.3 is 6.18 Å². The molecule has 0 radical (unpaired) electrons. The van der Waals surface area contributed by atoms with E-state index < -0.39 is 23.7 Å². The number of piperidine rings is 1. The Morgan fingerprint density at radius 3 is 2.08 bits per heavy atom. The van der Waals surface area contributed by atoms with Crippen molar-refractivity contribution in [2.45, 2.75) is 94.3 Å². The smallest absolute Gasteiger partial charge is 0.391 e. The van der Waals surface area contributed by atoms with Gasteiger partial charge in [-0.1, -0.05) is 12.1 Å². The molecule has 210 valence electrons. The lowest BCUT2D eigenvalue weighted by atomic mass is 9.53. The van der Waals surface area contributed by atoms with Crippen LogP contribution in [0.5, 0.6) is 5.75 Å². The summed E-state index contributed by atoms with van der Waals surface area (Å²) in [5.41, 5.74) is 1.31. The average Bonchev–Trinajstić information content (AvgIpc) is 3.27. The second-order valence-electron chi connectivity index (χ2n) is 13.1. The van der Waals surface area contributed by atoms with E-state index in [1.807, 2.05) is 12.1 Å². The number of hydrogen-bond donors (Lipinski definition) is 0. The highest BCUT2D eigenvalue weighted by Gasteiger charge is 2.66. The minimum absolute atomic E-state index is 0.187. The standard InChI is InChI=1S/C30H40F3NO4/c31-30(32,33)24-7-11-34(12-8-24)13-14-35-27-3-1-22(2-4-27)23-5-9-28(10-6-23)36-29(38-37-28)25-16-20-15-21(18-25)19-26(29)17-20/h1-4,20-21,23-26H,5-19H2. The molecule has 2 aliphatic heterocycles. The Hall–Kier alpha value is -1.35. The predicted octanol–water partition coefficient (Wildman–Crippen LogP) is 6.82. The maximum absolute atomic E-state index is 12.9. The zero-order valence-electron chi connectivity index (χ0n) is 22.1. The lowest BCUT2D eigenvalue weighted by Gasteiger charge is -2.57. The molecule has 0 unspecified atom stereocenters. The molecule has 38 heavy (non-hydrogen) atoms. The second kappa shape index (κ2) is 9.64. The molecule has 2 saturated heterocycles. The predicted molar refractivity (Wildman–Crippen MR) is 134 cm³/mol. The monoisotopic (exact) mass is 535 g/mol. The first-order valence-corrected chi connectivity index (χ1v) is 14.9. The van der Waals surface area contributed by atoms with Gasteiger partial charge in [-0.25, -0.2) is 0 Å². The summed E-state index contributed by atoms with van der Waals surface area (Å²) in [6.45, 7) is 2.11. The molecule has 7 fully saturated rings. The zero-order valence-corrected chi connectivity index (χ0v) is 22.1. The lowest BCUT2D eigenvalue weighted by molar-refractivity contribution is -0.390. The van der Waals surface area contributed by atoms with E-state index in [1.165, 1.54) is 37.7 Å². The van der Waals surface area contributed by atoms with Gasteiger partial charge in [-0.3, -0.25) is 4.90 Å². The summed E-state index contributed by atoms with van der Waals surface area (Å²) in [7, 11) is 0. The molecule has 5 aliphatic carbocycles. The Labute approximate surface area is 223 Å². The number of benzene rings is 1. The van der Waals surface area contributed by atoms with Crippen molar-refractivity contribution in [1.82, 2.24) is 4.90 Å². The molecule has 4 bridgehead atoms. The number of rotatable bonds is 5. The first-order chi connectivity index (χ1) is 18.3. The molecule has 5 saturated carbocycles. The second-order valence-corrected chi connectivity index (χ2v) is 13.1. The molecule has 0 atom stereocenters. The zero-order chi connectivity index (χ0) is 26.0. The van der Waals surface area contributed by atoms with Crippen LogP contribution in [0, 0.1) is 29.6 Å². The molecule has 7 aliphatic rings. The Balaban J connectivity index is 0.878. The first-order valence-electron chi connectivity index (χ1n) is 14.9. The molecule has 2 heterocycles. The topological polar surface area (TPSA) is 40.2 Å². The summed E-state index contributed by atoms with van der Waals surface area (Å²) in [6.07, 6.45) is 6.39. The summed E-state index contributed by atoms with van der Waals surface area (Å²) in [5.74, 6) is 1.77. The van der Waals surface area contributed by atoms with Crippen molar-refractivity contribution in [1.29, 1.82) is 0 Å². The summed E-state index contributed by atoms with van der Waals surface area (Å²) < 4.78 is 51.3. The van der Waals surface area contributed by atoms with Crippen molar-refractivity contribution in [3.8, 4) is 5.75 Å². The minimum atomic E-state index is -4.06.